The van der Waals surface area contributed by atoms with Crippen molar-refractivity contribution in [2.45, 2.75) is 31.6 Å². The van der Waals surface area contributed by atoms with Crippen LogP contribution in [0.3, 0.4) is 0 Å². The van der Waals surface area contributed by atoms with Crippen molar-refractivity contribution in [2.24, 2.45) is 0 Å². The number of aromatic nitrogens is 2. The molecule has 1 N–H and O–H groups in total. The molecule has 1 aromatic carbocycles. The van der Waals surface area contributed by atoms with Crippen LogP contribution in [0.15, 0.2) is 35.1 Å². The summed E-state index contributed by atoms with van der Waals surface area (Å²) in [6.07, 6.45) is 2.71. The second-order valence-corrected chi connectivity index (χ2v) is 7.62. The summed E-state index contributed by atoms with van der Waals surface area (Å²) in [6.45, 7) is 0.220. The summed E-state index contributed by atoms with van der Waals surface area (Å²) in [5.74, 6) is -0.784. The van der Waals surface area contributed by atoms with E-state index >= 15 is 0 Å². The zero-order chi connectivity index (χ0) is 17.2. The predicted molar refractivity (Wildman–Crippen MR) is 87.5 cm³/mol. The number of hydrogen-bond donors (Lipinski definition) is 1. The lowest BCUT2D eigenvalue weighted by Gasteiger charge is -2.09. The third kappa shape index (κ3) is 4.07. The van der Waals surface area contributed by atoms with Crippen LogP contribution >= 0.6 is 0 Å². The van der Waals surface area contributed by atoms with Crippen molar-refractivity contribution in [1.82, 2.24) is 14.5 Å². The monoisotopic (exact) mass is 351 g/mol. The molecule has 0 saturated carbocycles. The molecule has 128 valence electrons. The number of nitrogens with one attached hydrogen (secondary N) is 1. The standard InChI is InChI=1S/C16H18FN3O3S/c17-14-5-1-3-12(9-14)11-24(22,23)18-7-8-20-16(21)10-13-4-2-6-15(13)19-20/h1,3,5,9-10,18H,2,4,6-8,11H2. The van der Waals surface area contributed by atoms with Crippen LogP contribution in [0.25, 0.3) is 0 Å². The number of fused-ring (bicyclic) bond motifs is 1. The normalized spacial score (nSPS) is 13.9. The van der Waals surface area contributed by atoms with Crippen molar-refractivity contribution in [1.29, 1.82) is 0 Å². The molecule has 2 aromatic rings. The van der Waals surface area contributed by atoms with E-state index in [9.17, 15) is 17.6 Å². The molecule has 24 heavy (non-hydrogen) atoms. The Morgan fingerprint density at radius 3 is 2.88 bits per heavy atom. The highest BCUT2D eigenvalue weighted by Gasteiger charge is 2.15. The Bertz CT molecular complexity index is 909. The van der Waals surface area contributed by atoms with Gasteiger partial charge in [0.15, 0.2) is 0 Å². The van der Waals surface area contributed by atoms with E-state index in [4.69, 9.17) is 0 Å². The third-order valence-corrected chi connectivity index (χ3v) is 5.27. The average molecular weight is 351 g/mol. The van der Waals surface area contributed by atoms with Gasteiger partial charge in [-0.3, -0.25) is 4.79 Å². The molecule has 0 aliphatic heterocycles. The van der Waals surface area contributed by atoms with Gasteiger partial charge in [-0.05, 0) is 42.5 Å². The van der Waals surface area contributed by atoms with Crippen molar-refractivity contribution in [3.05, 3.63) is 63.3 Å². The zero-order valence-corrected chi connectivity index (χ0v) is 13.9. The van der Waals surface area contributed by atoms with Gasteiger partial charge in [-0.15, -0.1) is 0 Å². The van der Waals surface area contributed by atoms with E-state index in [1.165, 1.54) is 22.9 Å². The number of halogens is 1. The minimum absolute atomic E-state index is 0.0589. The second kappa shape index (κ2) is 6.82. The molecule has 6 nitrogen and oxygen atoms in total. The summed E-state index contributed by atoms with van der Waals surface area (Å²) < 4.78 is 40.9. The van der Waals surface area contributed by atoms with E-state index in [1.54, 1.807) is 12.1 Å². The van der Waals surface area contributed by atoms with Gasteiger partial charge in [0, 0.05) is 12.6 Å². The van der Waals surface area contributed by atoms with Crippen molar-refractivity contribution in [3.63, 3.8) is 0 Å². The van der Waals surface area contributed by atoms with Crippen molar-refractivity contribution in [3.8, 4) is 0 Å². The molecule has 0 bridgehead atoms. The number of benzene rings is 1. The van der Waals surface area contributed by atoms with E-state index in [0.29, 0.717) is 5.56 Å². The molecule has 0 radical (unpaired) electrons. The Hall–Kier alpha value is -2.06. The maximum Gasteiger partial charge on any atom is 0.267 e. The van der Waals surface area contributed by atoms with Gasteiger partial charge in [0.05, 0.1) is 18.0 Å². The first kappa shape index (κ1) is 16.8. The van der Waals surface area contributed by atoms with Crippen molar-refractivity contribution < 1.29 is 12.8 Å². The lowest BCUT2D eigenvalue weighted by atomic mass is 10.2. The molecule has 0 amide bonds. The summed E-state index contributed by atoms with van der Waals surface area (Å²) in [6, 6.07) is 7.04. The van der Waals surface area contributed by atoms with E-state index in [-0.39, 0.29) is 24.4 Å². The summed E-state index contributed by atoms with van der Waals surface area (Å²) in [5.41, 5.74) is 2.05. The molecule has 0 unspecified atom stereocenters. The molecular formula is C16H18FN3O3S. The topological polar surface area (TPSA) is 81.1 Å². The van der Waals surface area contributed by atoms with Gasteiger partial charge in [-0.25, -0.2) is 22.2 Å². The molecule has 0 spiro atoms. The van der Waals surface area contributed by atoms with Crippen LogP contribution in [0.1, 0.15) is 23.2 Å². The van der Waals surface area contributed by atoms with E-state index in [1.807, 2.05) is 0 Å². The fourth-order valence-corrected chi connectivity index (χ4v) is 3.93. The number of sulfonamides is 1. The van der Waals surface area contributed by atoms with Gasteiger partial charge in [-0.2, -0.15) is 5.10 Å². The fraction of sp³-hybridized carbons (Fsp3) is 0.375. The van der Waals surface area contributed by atoms with Gasteiger partial charge in [-0.1, -0.05) is 12.1 Å². The van der Waals surface area contributed by atoms with Crippen molar-refractivity contribution in [2.75, 3.05) is 6.54 Å². The summed E-state index contributed by atoms with van der Waals surface area (Å²) in [7, 11) is -3.61. The lowest BCUT2D eigenvalue weighted by molar-refractivity contribution is 0.541. The summed E-state index contributed by atoms with van der Waals surface area (Å²) in [4.78, 5) is 11.9. The summed E-state index contributed by atoms with van der Waals surface area (Å²) in [5, 5.41) is 4.29. The largest absolute Gasteiger partial charge is 0.268 e. The van der Waals surface area contributed by atoms with Gasteiger partial charge >= 0.3 is 0 Å². The van der Waals surface area contributed by atoms with Crippen LogP contribution < -0.4 is 10.3 Å². The molecule has 0 atom stereocenters. The first-order valence-corrected chi connectivity index (χ1v) is 9.40. The first-order valence-electron chi connectivity index (χ1n) is 7.75. The van der Waals surface area contributed by atoms with Crippen LogP contribution in [0.5, 0.6) is 0 Å². The Balaban J connectivity index is 1.61. The Kier molecular flexibility index (Phi) is 4.77. The molecule has 0 fully saturated rings. The van der Waals surface area contributed by atoms with Gasteiger partial charge in [0.2, 0.25) is 10.0 Å². The third-order valence-electron chi connectivity index (χ3n) is 3.92. The molecule has 1 aliphatic rings. The van der Waals surface area contributed by atoms with Crippen LogP contribution in [0.2, 0.25) is 0 Å². The maximum atomic E-state index is 13.1. The molecule has 3 rings (SSSR count). The molecule has 1 aliphatic carbocycles. The first-order chi connectivity index (χ1) is 11.4. The fourth-order valence-electron chi connectivity index (χ4n) is 2.80. The van der Waals surface area contributed by atoms with Gasteiger partial charge in [0.25, 0.3) is 5.56 Å². The lowest BCUT2D eigenvalue weighted by Crippen LogP contribution is -2.33. The quantitative estimate of drug-likeness (QED) is 0.842. The van der Waals surface area contributed by atoms with E-state index in [0.717, 1.165) is 30.5 Å². The minimum atomic E-state index is -3.61. The second-order valence-electron chi connectivity index (χ2n) is 5.81. The average Bonchev–Trinajstić information content (AvgIpc) is 2.93. The number of rotatable bonds is 6. The Morgan fingerprint density at radius 2 is 2.08 bits per heavy atom. The predicted octanol–water partition coefficient (Wildman–Crippen LogP) is 0.991. The molecule has 8 heteroatoms. The van der Waals surface area contributed by atoms with Crippen LogP contribution in [0.4, 0.5) is 4.39 Å². The van der Waals surface area contributed by atoms with Crippen LogP contribution in [-0.2, 0) is 35.2 Å². The number of aryl methyl sites for hydroxylation is 2. The SMILES string of the molecule is O=c1cc2c(nn1CCNS(=O)(=O)Cc1cccc(F)c1)CCC2. The highest BCUT2D eigenvalue weighted by atomic mass is 32.2. The highest BCUT2D eigenvalue weighted by molar-refractivity contribution is 7.88. The minimum Gasteiger partial charge on any atom is -0.268 e. The van der Waals surface area contributed by atoms with Gasteiger partial charge < -0.3 is 0 Å². The van der Waals surface area contributed by atoms with Crippen LogP contribution in [-0.4, -0.2) is 24.7 Å². The number of hydrogen-bond acceptors (Lipinski definition) is 4. The Labute approximate surface area is 139 Å². The van der Waals surface area contributed by atoms with Crippen LogP contribution in [0, 0.1) is 5.82 Å². The maximum absolute atomic E-state index is 13.1. The smallest absolute Gasteiger partial charge is 0.267 e. The molecule has 1 aromatic heterocycles. The van der Waals surface area contributed by atoms with E-state index in [2.05, 4.69) is 9.82 Å². The Morgan fingerprint density at radius 1 is 1.25 bits per heavy atom. The molecular weight excluding hydrogens is 333 g/mol. The summed E-state index contributed by atoms with van der Waals surface area (Å²) >= 11 is 0. The molecule has 0 saturated heterocycles. The molecule has 1 heterocycles. The van der Waals surface area contributed by atoms with Crippen molar-refractivity contribution >= 4 is 10.0 Å². The van der Waals surface area contributed by atoms with E-state index < -0.39 is 15.8 Å². The zero-order valence-electron chi connectivity index (χ0n) is 13.0. The highest BCUT2D eigenvalue weighted by Crippen LogP contribution is 2.16. The number of nitrogens with zero attached hydrogens (tertiary/aromatic N) is 2. The van der Waals surface area contributed by atoms with Gasteiger partial charge in [0.1, 0.15) is 5.82 Å².